The molecule has 0 radical (unpaired) electrons. The van der Waals surface area contributed by atoms with Gasteiger partial charge in [0.15, 0.2) is 0 Å². The first kappa shape index (κ1) is 35.2. The van der Waals surface area contributed by atoms with Gasteiger partial charge in [0.2, 0.25) is 0 Å². The second-order valence-corrected chi connectivity index (χ2v) is 11.5. The van der Waals surface area contributed by atoms with Gasteiger partial charge >= 0.3 is 17.9 Å². The molecule has 0 aliphatic carbocycles. The van der Waals surface area contributed by atoms with Crippen molar-refractivity contribution in [3.05, 3.63) is 102 Å². The van der Waals surface area contributed by atoms with E-state index < -0.39 is 17.9 Å². The number of esters is 3. The maximum Gasteiger partial charge on any atom is 0.343 e. The van der Waals surface area contributed by atoms with E-state index in [1.165, 1.54) is 0 Å². The zero-order valence-electron chi connectivity index (χ0n) is 26.8. The van der Waals surface area contributed by atoms with Crippen LogP contribution in [-0.2, 0) is 30.3 Å². The Labute approximate surface area is 275 Å². The van der Waals surface area contributed by atoms with Crippen molar-refractivity contribution in [2.24, 2.45) is 5.41 Å². The summed E-state index contributed by atoms with van der Waals surface area (Å²) in [6, 6.07) is 20.6. The summed E-state index contributed by atoms with van der Waals surface area (Å²) in [6.45, 7) is 9.81. The normalized spacial score (nSPS) is 13.1. The smallest absolute Gasteiger partial charge is 0.343 e. The molecule has 3 aromatic rings. The Morgan fingerprint density at radius 1 is 0.702 bits per heavy atom. The van der Waals surface area contributed by atoms with Crippen LogP contribution >= 0.6 is 0 Å². The van der Waals surface area contributed by atoms with E-state index in [9.17, 15) is 14.4 Å². The molecule has 1 heterocycles. The molecule has 0 aromatic heterocycles. The molecule has 3 aromatic carbocycles. The molecule has 0 saturated carbocycles. The monoisotopic (exact) mass is 646 g/mol. The Hall–Kier alpha value is -4.67. The molecule has 1 aliphatic heterocycles. The Morgan fingerprint density at radius 2 is 1.26 bits per heavy atom. The zero-order chi connectivity index (χ0) is 33.3. The van der Waals surface area contributed by atoms with Gasteiger partial charge in [-0.1, -0.05) is 25.6 Å². The van der Waals surface area contributed by atoms with Gasteiger partial charge in [-0.05, 0) is 91.9 Å². The zero-order valence-corrected chi connectivity index (χ0v) is 26.8. The maximum absolute atomic E-state index is 12.6. The van der Waals surface area contributed by atoms with Crippen LogP contribution in [0.5, 0.6) is 17.2 Å². The topological polar surface area (TPSA) is 116 Å². The molecule has 0 amide bonds. The molecule has 10 nitrogen and oxygen atoms in total. The highest BCUT2D eigenvalue weighted by atomic mass is 16.5. The van der Waals surface area contributed by atoms with Gasteiger partial charge in [0.25, 0.3) is 0 Å². The van der Waals surface area contributed by atoms with Crippen LogP contribution in [0.3, 0.4) is 0 Å². The number of unbranched alkanes of at least 4 members (excludes halogenated alkanes) is 2. The van der Waals surface area contributed by atoms with Crippen LogP contribution in [0, 0.1) is 5.41 Å². The summed E-state index contributed by atoms with van der Waals surface area (Å²) in [5.41, 5.74) is 1.88. The van der Waals surface area contributed by atoms with Gasteiger partial charge < -0.3 is 33.2 Å². The Kier molecular flexibility index (Phi) is 13.8. The van der Waals surface area contributed by atoms with Crippen molar-refractivity contribution < 1.29 is 47.5 Å². The summed E-state index contributed by atoms with van der Waals surface area (Å²) in [5, 5.41) is 0. The van der Waals surface area contributed by atoms with E-state index in [0.717, 1.165) is 44.3 Å². The number of hydrogen-bond acceptors (Lipinski definition) is 10. The van der Waals surface area contributed by atoms with E-state index >= 15 is 0 Å². The third kappa shape index (κ3) is 12.2. The van der Waals surface area contributed by atoms with Crippen LogP contribution in [0.4, 0.5) is 0 Å². The van der Waals surface area contributed by atoms with E-state index in [-0.39, 0.29) is 25.2 Å². The number of ether oxygens (including phenoxy) is 7. The van der Waals surface area contributed by atoms with E-state index in [0.29, 0.717) is 54.4 Å². The van der Waals surface area contributed by atoms with Gasteiger partial charge in [0, 0.05) is 18.1 Å². The largest absolute Gasteiger partial charge is 0.494 e. The fraction of sp³-hybridized carbons (Fsp3) is 0.378. The Morgan fingerprint density at radius 3 is 1.87 bits per heavy atom. The molecular formula is C37H42O10. The number of hydrogen-bond donors (Lipinski definition) is 0. The van der Waals surface area contributed by atoms with E-state index in [4.69, 9.17) is 33.2 Å². The maximum atomic E-state index is 12.6. The van der Waals surface area contributed by atoms with E-state index in [2.05, 4.69) is 13.5 Å². The minimum absolute atomic E-state index is 0.171. The number of benzene rings is 3. The number of rotatable bonds is 20. The van der Waals surface area contributed by atoms with E-state index in [1.54, 1.807) is 60.7 Å². The van der Waals surface area contributed by atoms with Crippen molar-refractivity contribution in [2.45, 2.75) is 39.2 Å². The molecule has 1 aliphatic rings. The van der Waals surface area contributed by atoms with Crippen LogP contribution < -0.4 is 14.2 Å². The predicted octanol–water partition coefficient (Wildman–Crippen LogP) is 6.36. The summed E-state index contributed by atoms with van der Waals surface area (Å²) in [7, 11) is 0. The molecule has 0 spiro atoms. The standard InChI is InChI=1S/C37H42O10/c1-3-34(38)44-22-6-7-23-45-35(39)29-10-18-32(19-11-29)46-24-28-8-14-33(15-9-28)47-36(40)30-12-16-31(17-13-30)43-21-5-4-20-41-25-37(2)26-42-27-37/h3,8-19H,1,4-7,20-27H2,2H3. The number of carbonyl (C=O) groups excluding carboxylic acids is 3. The summed E-state index contributed by atoms with van der Waals surface area (Å²) in [6.07, 6.45) is 4.06. The Balaban J connectivity index is 1.09. The van der Waals surface area contributed by atoms with Gasteiger partial charge in [-0.2, -0.15) is 0 Å². The minimum atomic E-state index is -0.471. The van der Waals surface area contributed by atoms with Gasteiger partial charge in [0.05, 0.1) is 50.8 Å². The van der Waals surface area contributed by atoms with Crippen LogP contribution in [0.15, 0.2) is 85.5 Å². The lowest BCUT2D eigenvalue weighted by atomic mass is 9.90. The van der Waals surface area contributed by atoms with Gasteiger partial charge in [-0.15, -0.1) is 0 Å². The first-order chi connectivity index (χ1) is 22.8. The highest BCUT2D eigenvalue weighted by Crippen LogP contribution is 2.26. The third-order valence-electron chi connectivity index (χ3n) is 7.21. The molecule has 10 heteroatoms. The van der Waals surface area contributed by atoms with Crippen molar-refractivity contribution >= 4 is 17.9 Å². The van der Waals surface area contributed by atoms with Gasteiger partial charge in [-0.3, -0.25) is 0 Å². The molecule has 4 rings (SSSR count). The van der Waals surface area contributed by atoms with Crippen molar-refractivity contribution in [3.63, 3.8) is 0 Å². The first-order valence-corrected chi connectivity index (χ1v) is 15.7. The van der Waals surface area contributed by atoms with Gasteiger partial charge in [0.1, 0.15) is 23.9 Å². The predicted molar refractivity (Wildman–Crippen MR) is 174 cm³/mol. The third-order valence-corrected chi connectivity index (χ3v) is 7.21. The van der Waals surface area contributed by atoms with Crippen LogP contribution in [-0.4, -0.2) is 64.2 Å². The molecular weight excluding hydrogens is 604 g/mol. The average Bonchev–Trinajstić information content (AvgIpc) is 3.08. The molecule has 0 atom stereocenters. The van der Waals surface area contributed by atoms with Crippen molar-refractivity contribution in [2.75, 3.05) is 46.2 Å². The molecule has 0 unspecified atom stereocenters. The summed E-state index contributed by atoms with van der Waals surface area (Å²) >= 11 is 0. The van der Waals surface area contributed by atoms with Crippen molar-refractivity contribution in [1.82, 2.24) is 0 Å². The molecule has 250 valence electrons. The highest BCUT2D eigenvalue weighted by Gasteiger charge is 2.33. The lowest BCUT2D eigenvalue weighted by molar-refractivity contribution is -0.138. The van der Waals surface area contributed by atoms with Crippen molar-refractivity contribution in [3.8, 4) is 17.2 Å². The molecule has 0 N–H and O–H groups in total. The summed E-state index contributed by atoms with van der Waals surface area (Å²) < 4.78 is 38.2. The fourth-order valence-electron chi connectivity index (χ4n) is 4.39. The summed E-state index contributed by atoms with van der Waals surface area (Å²) in [4.78, 5) is 35.9. The highest BCUT2D eigenvalue weighted by molar-refractivity contribution is 5.91. The molecule has 1 saturated heterocycles. The second-order valence-electron chi connectivity index (χ2n) is 11.5. The summed E-state index contributed by atoms with van der Waals surface area (Å²) in [5.74, 6) is 0.328. The second kappa shape index (κ2) is 18.5. The van der Waals surface area contributed by atoms with Crippen LogP contribution in [0.25, 0.3) is 0 Å². The van der Waals surface area contributed by atoms with Gasteiger partial charge in [-0.25, -0.2) is 14.4 Å². The fourth-order valence-corrected chi connectivity index (χ4v) is 4.39. The lowest BCUT2D eigenvalue weighted by Crippen LogP contribution is -2.43. The molecule has 1 fully saturated rings. The molecule has 47 heavy (non-hydrogen) atoms. The van der Waals surface area contributed by atoms with Crippen molar-refractivity contribution in [1.29, 1.82) is 0 Å². The lowest BCUT2D eigenvalue weighted by Gasteiger charge is -2.37. The molecule has 0 bridgehead atoms. The average molecular weight is 647 g/mol. The first-order valence-electron chi connectivity index (χ1n) is 15.7. The number of carbonyl (C=O) groups is 3. The van der Waals surface area contributed by atoms with Crippen LogP contribution in [0.2, 0.25) is 0 Å². The Bertz CT molecular complexity index is 1430. The quantitative estimate of drug-likeness (QED) is 0.0594. The van der Waals surface area contributed by atoms with E-state index in [1.807, 2.05) is 12.1 Å². The minimum Gasteiger partial charge on any atom is -0.494 e. The van der Waals surface area contributed by atoms with Crippen LogP contribution in [0.1, 0.15) is 58.9 Å². The SMILES string of the molecule is C=CC(=O)OCCCCOC(=O)c1ccc(OCc2ccc(OC(=O)c3ccc(OCCCCOCC4(C)COC4)cc3)cc2)cc1.